The topological polar surface area (TPSA) is 105 Å². The molecule has 166 valence electrons. The number of benzene rings is 1. The van der Waals surface area contributed by atoms with E-state index in [0.29, 0.717) is 47.4 Å². The number of H-pyrrole nitrogens is 1. The Morgan fingerprint density at radius 3 is 2.84 bits per heavy atom. The van der Waals surface area contributed by atoms with E-state index in [4.69, 9.17) is 4.74 Å². The number of amides is 1. The van der Waals surface area contributed by atoms with Crippen molar-refractivity contribution < 1.29 is 27.8 Å². The van der Waals surface area contributed by atoms with Crippen molar-refractivity contribution in [3.8, 4) is 5.88 Å². The van der Waals surface area contributed by atoms with Crippen molar-refractivity contribution in [1.29, 1.82) is 0 Å². The summed E-state index contributed by atoms with van der Waals surface area (Å²) in [4.78, 5) is 19.5. The molecule has 8 nitrogen and oxygen atoms in total. The van der Waals surface area contributed by atoms with Gasteiger partial charge in [0.1, 0.15) is 12.2 Å². The van der Waals surface area contributed by atoms with Gasteiger partial charge in [-0.15, -0.1) is 0 Å². The van der Waals surface area contributed by atoms with E-state index in [1.165, 1.54) is 18.2 Å². The van der Waals surface area contributed by atoms with Crippen LogP contribution in [0.25, 0.3) is 10.9 Å². The first-order valence-corrected chi connectivity index (χ1v) is 9.50. The van der Waals surface area contributed by atoms with Gasteiger partial charge >= 0.3 is 6.18 Å². The summed E-state index contributed by atoms with van der Waals surface area (Å²) >= 11 is 0. The minimum atomic E-state index is -4.51. The van der Waals surface area contributed by atoms with Crippen molar-refractivity contribution in [2.45, 2.75) is 26.1 Å². The maximum Gasteiger partial charge on any atom is 0.405 e. The highest BCUT2D eigenvalue weighted by Gasteiger charge is 2.28. The molecule has 2 heterocycles. The summed E-state index contributed by atoms with van der Waals surface area (Å²) in [5.74, 6) is -1.00. The van der Waals surface area contributed by atoms with Crippen LogP contribution in [0.5, 0.6) is 5.88 Å². The lowest BCUT2D eigenvalue weighted by Crippen LogP contribution is -2.33. The molecule has 3 N–H and O–H groups in total. The first kappa shape index (κ1) is 22.3. The minimum Gasteiger partial charge on any atom is -0.494 e. The zero-order chi connectivity index (χ0) is 22.6. The molecular weight excluding hydrogens is 415 g/mol. The molecular formula is C20H22F3N5O3. The molecule has 0 aliphatic heterocycles. The van der Waals surface area contributed by atoms with Gasteiger partial charge in [-0.3, -0.25) is 9.48 Å². The number of aromatic hydroxyl groups is 1. The lowest BCUT2D eigenvalue weighted by atomic mass is 10.0. The number of fused-ring (bicyclic) bond motifs is 1. The van der Waals surface area contributed by atoms with Crippen LogP contribution in [0.1, 0.15) is 29.3 Å². The average Bonchev–Trinajstić information content (AvgIpc) is 3.30. The second kappa shape index (κ2) is 9.21. The molecule has 0 atom stereocenters. The zero-order valence-electron chi connectivity index (χ0n) is 17.0. The average molecular weight is 437 g/mol. The van der Waals surface area contributed by atoms with Crippen LogP contribution in [-0.2, 0) is 11.3 Å². The number of aliphatic imine (C=N–C) groups is 1. The van der Waals surface area contributed by atoms with Gasteiger partial charge in [0.15, 0.2) is 5.88 Å². The van der Waals surface area contributed by atoms with E-state index in [1.54, 1.807) is 24.2 Å². The highest BCUT2D eigenvalue weighted by Crippen LogP contribution is 2.31. The molecule has 0 spiro atoms. The fourth-order valence-electron chi connectivity index (χ4n) is 3.08. The second-order valence-electron chi connectivity index (χ2n) is 6.77. The zero-order valence-corrected chi connectivity index (χ0v) is 17.0. The maximum atomic E-state index is 12.4. The van der Waals surface area contributed by atoms with Crippen LogP contribution in [-0.4, -0.2) is 57.9 Å². The summed E-state index contributed by atoms with van der Waals surface area (Å²) in [6.07, 6.45) is -0.745. The number of halogens is 3. The third-order valence-corrected chi connectivity index (χ3v) is 4.52. The first-order valence-electron chi connectivity index (χ1n) is 9.50. The Hall–Kier alpha value is -3.34. The quantitative estimate of drug-likeness (QED) is 0.469. The van der Waals surface area contributed by atoms with Crippen LogP contribution in [0.3, 0.4) is 0 Å². The Kier molecular flexibility index (Phi) is 6.64. The van der Waals surface area contributed by atoms with E-state index in [0.717, 1.165) is 0 Å². The Labute approximate surface area is 175 Å². The van der Waals surface area contributed by atoms with Crippen molar-refractivity contribution in [1.82, 2.24) is 20.1 Å². The van der Waals surface area contributed by atoms with Gasteiger partial charge in [-0.1, -0.05) is 6.92 Å². The fraction of sp³-hybridized carbons (Fsp3) is 0.350. The van der Waals surface area contributed by atoms with Gasteiger partial charge < -0.3 is 20.1 Å². The van der Waals surface area contributed by atoms with Crippen molar-refractivity contribution in [2.24, 2.45) is 4.99 Å². The SMILES string of the molecule is CCC(=Nc1cnn(CCOC)c1)c1c(O)[nH]c2ccc(C(=O)NCC(F)(F)F)cc12. The highest BCUT2D eigenvalue weighted by atomic mass is 19.4. The number of ether oxygens (including phenoxy) is 1. The van der Waals surface area contributed by atoms with Gasteiger partial charge in [0.25, 0.3) is 5.91 Å². The maximum absolute atomic E-state index is 12.4. The number of aromatic amines is 1. The molecule has 0 radical (unpaired) electrons. The number of nitrogens with zero attached hydrogens (tertiary/aromatic N) is 3. The van der Waals surface area contributed by atoms with Crippen molar-refractivity contribution in [3.05, 3.63) is 41.7 Å². The van der Waals surface area contributed by atoms with Crippen molar-refractivity contribution in [2.75, 3.05) is 20.3 Å². The largest absolute Gasteiger partial charge is 0.494 e. The summed E-state index contributed by atoms with van der Waals surface area (Å²) in [6.45, 7) is 1.48. The number of alkyl halides is 3. The van der Waals surface area contributed by atoms with E-state index in [1.807, 2.05) is 12.2 Å². The summed E-state index contributed by atoms with van der Waals surface area (Å²) < 4.78 is 43.9. The van der Waals surface area contributed by atoms with Crippen LogP contribution in [0, 0.1) is 0 Å². The minimum absolute atomic E-state index is 0.0415. The normalized spacial score (nSPS) is 12.5. The Morgan fingerprint density at radius 1 is 1.39 bits per heavy atom. The Bertz CT molecular complexity index is 1100. The molecule has 0 unspecified atom stereocenters. The van der Waals surface area contributed by atoms with Crippen molar-refractivity contribution >= 4 is 28.2 Å². The molecule has 1 aromatic carbocycles. The Morgan fingerprint density at radius 2 is 2.16 bits per heavy atom. The van der Waals surface area contributed by atoms with Gasteiger partial charge in [-0.2, -0.15) is 18.3 Å². The molecule has 31 heavy (non-hydrogen) atoms. The summed E-state index contributed by atoms with van der Waals surface area (Å²) in [7, 11) is 1.59. The van der Waals surface area contributed by atoms with E-state index in [2.05, 4.69) is 15.1 Å². The number of methoxy groups -OCH3 is 1. The van der Waals surface area contributed by atoms with Gasteiger partial charge in [-0.05, 0) is 24.6 Å². The van der Waals surface area contributed by atoms with E-state index in [-0.39, 0.29) is 11.4 Å². The van der Waals surface area contributed by atoms with Crippen LogP contribution in [0.2, 0.25) is 0 Å². The molecule has 1 amide bonds. The highest BCUT2D eigenvalue weighted by molar-refractivity contribution is 6.14. The summed E-state index contributed by atoms with van der Waals surface area (Å²) in [5.41, 5.74) is 2.05. The third-order valence-electron chi connectivity index (χ3n) is 4.52. The number of hydrogen-bond donors (Lipinski definition) is 3. The number of aromatic nitrogens is 3. The number of carbonyl (C=O) groups excluding carboxylic acids is 1. The molecule has 0 saturated carbocycles. The predicted molar refractivity (Wildman–Crippen MR) is 109 cm³/mol. The molecule has 3 aromatic rings. The van der Waals surface area contributed by atoms with E-state index in [9.17, 15) is 23.1 Å². The number of nitrogens with one attached hydrogen (secondary N) is 2. The fourth-order valence-corrected chi connectivity index (χ4v) is 3.08. The number of rotatable bonds is 8. The van der Waals surface area contributed by atoms with Gasteiger partial charge in [-0.25, -0.2) is 4.99 Å². The van der Waals surface area contributed by atoms with Crippen molar-refractivity contribution in [3.63, 3.8) is 0 Å². The standard InChI is InChI=1S/C20H22F3N5O3/c1-3-15(26-13-9-25-28(10-13)6-7-31-2)17-14-8-12(4-5-16(14)27-19(17)30)18(29)24-11-20(21,22)23/h4-5,8-10,27,30H,3,6-7,11H2,1-2H3,(H,24,29). The molecule has 0 fully saturated rings. The van der Waals surface area contributed by atoms with Gasteiger partial charge in [0.2, 0.25) is 0 Å². The van der Waals surface area contributed by atoms with Gasteiger partial charge in [0, 0.05) is 23.6 Å². The lowest BCUT2D eigenvalue weighted by molar-refractivity contribution is -0.123. The van der Waals surface area contributed by atoms with Crippen LogP contribution < -0.4 is 5.32 Å². The summed E-state index contributed by atoms with van der Waals surface area (Å²) in [6, 6.07) is 4.34. The van der Waals surface area contributed by atoms with Gasteiger partial charge in [0.05, 0.1) is 36.8 Å². The smallest absolute Gasteiger partial charge is 0.405 e. The number of carbonyl (C=O) groups is 1. The monoisotopic (exact) mass is 437 g/mol. The first-order chi connectivity index (χ1) is 14.7. The van der Waals surface area contributed by atoms with Crippen LogP contribution in [0.15, 0.2) is 35.6 Å². The third kappa shape index (κ3) is 5.43. The molecule has 11 heteroatoms. The molecule has 3 rings (SSSR count). The van der Waals surface area contributed by atoms with Crippen LogP contribution in [0.4, 0.5) is 18.9 Å². The lowest BCUT2D eigenvalue weighted by Gasteiger charge is -2.09. The molecule has 0 aliphatic rings. The molecule has 0 aliphatic carbocycles. The predicted octanol–water partition coefficient (Wildman–Crippen LogP) is 3.54. The number of hydrogen-bond acceptors (Lipinski definition) is 5. The molecule has 0 saturated heterocycles. The van der Waals surface area contributed by atoms with E-state index < -0.39 is 18.6 Å². The molecule has 2 aromatic heterocycles. The second-order valence-corrected chi connectivity index (χ2v) is 6.77. The Balaban J connectivity index is 1.95. The summed E-state index contributed by atoms with van der Waals surface area (Å²) in [5, 5.41) is 17.0. The van der Waals surface area contributed by atoms with E-state index >= 15 is 0 Å². The van der Waals surface area contributed by atoms with Crippen LogP contribution >= 0.6 is 0 Å². The molecule has 0 bridgehead atoms.